The van der Waals surface area contributed by atoms with Gasteiger partial charge in [-0.25, -0.2) is 9.67 Å². The maximum atomic E-state index is 4.72. The van der Waals surface area contributed by atoms with Crippen molar-refractivity contribution in [2.45, 2.75) is 78.8 Å². The first kappa shape index (κ1) is 16.2. The van der Waals surface area contributed by atoms with Crippen molar-refractivity contribution in [2.24, 2.45) is 0 Å². The monoisotopic (exact) mass is 266 g/mol. The molecule has 110 valence electrons. The third kappa shape index (κ3) is 4.03. The highest BCUT2D eigenvalue weighted by Gasteiger charge is 2.23. The predicted octanol–water partition coefficient (Wildman–Crippen LogP) is 3.13. The highest BCUT2D eigenvalue weighted by molar-refractivity contribution is 4.97. The molecule has 19 heavy (non-hydrogen) atoms. The van der Waals surface area contributed by atoms with Crippen LogP contribution in [-0.2, 0) is 12.8 Å². The summed E-state index contributed by atoms with van der Waals surface area (Å²) in [5.74, 6) is 2.10. The molecule has 0 aliphatic carbocycles. The van der Waals surface area contributed by atoms with Crippen molar-refractivity contribution in [1.82, 2.24) is 20.1 Å². The van der Waals surface area contributed by atoms with Crippen LogP contribution in [0.25, 0.3) is 0 Å². The van der Waals surface area contributed by atoms with Crippen molar-refractivity contribution >= 4 is 0 Å². The van der Waals surface area contributed by atoms with Crippen molar-refractivity contribution in [3.05, 3.63) is 11.6 Å². The Balaban J connectivity index is 3.01. The Kier molecular flexibility index (Phi) is 7.06. The third-order valence-electron chi connectivity index (χ3n) is 3.64. The van der Waals surface area contributed by atoms with Crippen LogP contribution >= 0.6 is 0 Å². The number of nitrogens with one attached hydrogen (secondary N) is 1. The van der Waals surface area contributed by atoms with Crippen LogP contribution in [0, 0.1) is 0 Å². The van der Waals surface area contributed by atoms with Crippen LogP contribution in [0.1, 0.15) is 71.6 Å². The van der Waals surface area contributed by atoms with E-state index in [1.54, 1.807) is 0 Å². The van der Waals surface area contributed by atoms with Crippen LogP contribution in [0.2, 0.25) is 0 Å². The second-order valence-electron chi connectivity index (χ2n) is 5.02. The maximum absolute atomic E-state index is 4.72. The lowest BCUT2D eigenvalue weighted by Gasteiger charge is -2.28. The van der Waals surface area contributed by atoms with E-state index in [-0.39, 0.29) is 0 Å². The first-order valence-electron chi connectivity index (χ1n) is 7.89. The minimum Gasteiger partial charge on any atom is -0.312 e. The van der Waals surface area contributed by atoms with Gasteiger partial charge in [0, 0.05) is 18.9 Å². The van der Waals surface area contributed by atoms with Crippen LogP contribution in [0.15, 0.2) is 0 Å². The molecule has 0 aliphatic heterocycles. The highest BCUT2D eigenvalue weighted by Crippen LogP contribution is 2.21. The molecule has 0 saturated heterocycles. The minimum absolute atomic E-state index is 0.419. The molecule has 0 spiro atoms. The van der Waals surface area contributed by atoms with Gasteiger partial charge in [-0.2, -0.15) is 5.10 Å². The Morgan fingerprint density at radius 3 is 2.32 bits per heavy atom. The van der Waals surface area contributed by atoms with Crippen LogP contribution < -0.4 is 5.32 Å². The molecule has 0 amide bonds. The summed E-state index contributed by atoms with van der Waals surface area (Å²) in [5, 5.41) is 8.34. The molecule has 0 radical (unpaired) electrons. The third-order valence-corrected chi connectivity index (χ3v) is 3.64. The minimum atomic E-state index is 0.419. The number of likely N-dealkylation sites (N-methyl/N-ethyl adjacent to an activating group) is 1. The lowest BCUT2D eigenvalue weighted by Crippen LogP contribution is -2.38. The van der Waals surface area contributed by atoms with Crippen LogP contribution in [0.3, 0.4) is 0 Å². The Morgan fingerprint density at radius 2 is 1.84 bits per heavy atom. The highest BCUT2D eigenvalue weighted by atomic mass is 15.4. The summed E-state index contributed by atoms with van der Waals surface area (Å²) in [6, 6.07) is 0.916. The number of hydrogen-bond donors (Lipinski definition) is 1. The molecule has 0 aromatic carbocycles. The topological polar surface area (TPSA) is 42.7 Å². The molecule has 0 aliphatic rings. The molecule has 2 unspecified atom stereocenters. The Morgan fingerprint density at radius 1 is 1.11 bits per heavy atom. The van der Waals surface area contributed by atoms with E-state index in [1.807, 2.05) is 0 Å². The summed E-state index contributed by atoms with van der Waals surface area (Å²) >= 11 is 0. The molecular formula is C15H30N4. The van der Waals surface area contributed by atoms with E-state index in [4.69, 9.17) is 5.10 Å². The van der Waals surface area contributed by atoms with Gasteiger partial charge in [-0.1, -0.05) is 41.0 Å². The normalized spacial score (nSPS) is 14.6. The van der Waals surface area contributed by atoms with Crippen molar-refractivity contribution in [1.29, 1.82) is 0 Å². The van der Waals surface area contributed by atoms with Crippen LogP contribution in [0.4, 0.5) is 0 Å². The Labute approximate surface area is 118 Å². The van der Waals surface area contributed by atoms with Gasteiger partial charge in [-0.15, -0.1) is 0 Å². The molecule has 4 nitrogen and oxygen atoms in total. The molecule has 1 rings (SSSR count). The molecule has 0 fully saturated rings. The van der Waals surface area contributed by atoms with Gasteiger partial charge < -0.3 is 5.32 Å². The van der Waals surface area contributed by atoms with Gasteiger partial charge in [-0.3, -0.25) is 0 Å². The quantitative estimate of drug-likeness (QED) is 0.746. The number of rotatable bonds is 9. The summed E-state index contributed by atoms with van der Waals surface area (Å²) in [6.07, 6.45) is 5.35. The summed E-state index contributed by atoms with van der Waals surface area (Å²) < 4.78 is 2.18. The average Bonchev–Trinajstić information content (AvgIpc) is 2.83. The van der Waals surface area contributed by atoms with Crippen molar-refractivity contribution in [3.63, 3.8) is 0 Å². The molecular weight excluding hydrogens is 236 g/mol. The molecule has 4 heteroatoms. The lowest BCUT2D eigenvalue weighted by molar-refractivity contribution is 0.297. The lowest BCUT2D eigenvalue weighted by atomic mass is 10.0. The predicted molar refractivity (Wildman–Crippen MR) is 80.5 cm³/mol. The fraction of sp³-hybridized carbons (Fsp3) is 0.867. The first-order valence-corrected chi connectivity index (χ1v) is 7.89. The van der Waals surface area contributed by atoms with E-state index in [0.29, 0.717) is 12.1 Å². The zero-order valence-electron chi connectivity index (χ0n) is 13.2. The zero-order chi connectivity index (χ0) is 14.3. The SMILES string of the molecule is CCCC(NCC)C(CC)n1nc(CC)nc1CC. The fourth-order valence-corrected chi connectivity index (χ4v) is 2.69. The summed E-state index contributed by atoms with van der Waals surface area (Å²) in [6.45, 7) is 12.0. The Hall–Kier alpha value is -0.900. The summed E-state index contributed by atoms with van der Waals surface area (Å²) in [5.41, 5.74) is 0. The number of hydrogen-bond acceptors (Lipinski definition) is 3. The van der Waals surface area contributed by atoms with Gasteiger partial charge in [-0.05, 0) is 19.4 Å². The average molecular weight is 266 g/mol. The summed E-state index contributed by atoms with van der Waals surface area (Å²) in [4.78, 5) is 4.64. The number of aryl methyl sites for hydroxylation is 2. The molecule has 1 aromatic rings. The van der Waals surface area contributed by atoms with Crippen LogP contribution in [0.5, 0.6) is 0 Å². The molecule has 1 heterocycles. The standard InChI is InChI=1S/C15H30N4/c1-6-11-12(16-10-5)13(7-2)19-15(9-4)17-14(8-3)18-19/h12-13,16H,6-11H2,1-5H3. The first-order chi connectivity index (χ1) is 9.21. The second kappa shape index (κ2) is 8.31. The zero-order valence-corrected chi connectivity index (χ0v) is 13.2. The number of nitrogens with zero attached hydrogens (tertiary/aromatic N) is 3. The smallest absolute Gasteiger partial charge is 0.150 e. The second-order valence-corrected chi connectivity index (χ2v) is 5.02. The van der Waals surface area contributed by atoms with Gasteiger partial charge in [0.1, 0.15) is 5.82 Å². The van der Waals surface area contributed by atoms with Crippen molar-refractivity contribution in [2.75, 3.05) is 6.54 Å². The van der Waals surface area contributed by atoms with E-state index in [2.05, 4.69) is 49.6 Å². The fourth-order valence-electron chi connectivity index (χ4n) is 2.69. The molecule has 1 N–H and O–H groups in total. The molecule has 1 aromatic heterocycles. The van der Waals surface area contributed by atoms with Gasteiger partial charge in [0.2, 0.25) is 0 Å². The van der Waals surface area contributed by atoms with Gasteiger partial charge in [0.05, 0.1) is 6.04 Å². The Bertz CT molecular complexity index is 353. The van der Waals surface area contributed by atoms with Gasteiger partial charge in [0.15, 0.2) is 5.82 Å². The number of aromatic nitrogens is 3. The van der Waals surface area contributed by atoms with E-state index in [1.165, 1.54) is 12.8 Å². The van der Waals surface area contributed by atoms with Crippen molar-refractivity contribution < 1.29 is 0 Å². The van der Waals surface area contributed by atoms with Gasteiger partial charge >= 0.3 is 0 Å². The van der Waals surface area contributed by atoms with E-state index >= 15 is 0 Å². The van der Waals surface area contributed by atoms with Crippen molar-refractivity contribution in [3.8, 4) is 0 Å². The largest absolute Gasteiger partial charge is 0.312 e. The molecule has 2 atom stereocenters. The summed E-state index contributed by atoms with van der Waals surface area (Å²) in [7, 11) is 0. The van der Waals surface area contributed by atoms with E-state index < -0.39 is 0 Å². The van der Waals surface area contributed by atoms with Gasteiger partial charge in [0.25, 0.3) is 0 Å². The van der Waals surface area contributed by atoms with E-state index in [0.717, 1.165) is 37.5 Å². The van der Waals surface area contributed by atoms with E-state index in [9.17, 15) is 0 Å². The molecule has 0 bridgehead atoms. The molecule has 0 saturated carbocycles. The maximum Gasteiger partial charge on any atom is 0.150 e. The van der Waals surface area contributed by atoms with Crippen LogP contribution in [-0.4, -0.2) is 27.4 Å².